The number of amides is 2. The minimum absolute atomic E-state index is 0.125. The lowest BCUT2D eigenvalue weighted by atomic mass is 10.1. The van der Waals surface area contributed by atoms with Gasteiger partial charge in [-0.05, 0) is 73.1 Å². The van der Waals surface area contributed by atoms with Crippen molar-refractivity contribution in [2.75, 3.05) is 66.5 Å². The van der Waals surface area contributed by atoms with Gasteiger partial charge in [0.25, 0.3) is 11.8 Å². The quantitative estimate of drug-likeness (QED) is 0.286. The predicted molar refractivity (Wildman–Crippen MR) is 163 cm³/mol. The highest BCUT2D eigenvalue weighted by Gasteiger charge is 2.21. The highest BCUT2D eigenvalue weighted by atomic mass is 127. The third-order valence-corrected chi connectivity index (χ3v) is 7.89. The SMILES string of the molecule is CN1CCN(C(=O)c2cccc(C#C[Si](C)(C)C)c2)CC1.CN1CCN(C(=O)c2cccc(I)c2)CC1. The van der Waals surface area contributed by atoms with Crippen LogP contribution in [0.5, 0.6) is 0 Å². The molecule has 0 bridgehead atoms. The smallest absolute Gasteiger partial charge is 0.253 e. The zero-order valence-electron chi connectivity index (χ0n) is 22.8. The van der Waals surface area contributed by atoms with Crippen LogP contribution in [0.2, 0.25) is 19.6 Å². The van der Waals surface area contributed by atoms with Crippen LogP contribution in [0, 0.1) is 15.0 Å². The number of rotatable bonds is 2. The van der Waals surface area contributed by atoms with E-state index in [1.54, 1.807) is 0 Å². The fourth-order valence-corrected chi connectivity index (χ4v) is 5.06. The van der Waals surface area contributed by atoms with Crippen LogP contribution in [0.1, 0.15) is 26.3 Å². The van der Waals surface area contributed by atoms with Crippen LogP contribution < -0.4 is 0 Å². The first-order chi connectivity index (χ1) is 17.5. The van der Waals surface area contributed by atoms with E-state index in [9.17, 15) is 9.59 Å². The van der Waals surface area contributed by atoms with Crippen molar-refractivity contribution in [3.63, 3.8) is 0 Å². The van der Waals surface area contributed by atoms with E-state index in [2.05, 4.69) is 77.6 Å². The Balaban J connectivity index is 0.000000213. The van der Waals surface area contributed by atoms with Gasteiger partial charge in [-0.3, -0.25) is 9.59 Å². The molecule has 0 aromatic heterocycles. The van der Waals surface area contributed by atoms with Crippen molar-refractivity contribution in [2.45, 2.75) is 19.6 Å². The van der Waals surface area contributed by atoms with Crippen LogP contribution in [0.4, 0.5) is 0 Å². The van der Waals surface area contributed by atoms with E-state index in [4.69, 9.17) is 0 Å². The fraction of sp³-hybridized carbons (Fsp3) is 0.448. The second-order valence-corrected chi connectivity index (χ2v) is 16.8. The highest BCUT2D eigenvalue weighted by Crippen LogP contribution is 2.12. The molecule has 0 atom stereocenters. The molecule has 2 aliphatic heterocycles. The molecule has 37 heavy (non-hydrogen) atoms. The number of hydrogen-bond donors (Lipinski definition) is 0. The Labute approximate surface area is 237 Å². The van der Waals surface area contributed by atoms with E-state index in [0.29, 0.717) is 0 Å². The number of hydrogen-bond acceptors (Lipinski definition) is 4. The molecular formula is C29H39IN4O2Si. The zero-order chi connectivity index (χ0) is 27.0. The standard InChI is InChI=1S/C17H24N2OSi.C12H15IN2O/c1-18-9-11-19(12-10-18)17(20)16-7-5-6-15(14-16)8-13-21(2,3)4;1-14-5-7-15(8-6-14)12(16)10-3-2-4-11(13)9-10/h5-7,14H,9-12H2,1-4H3;2-4,9H,5-8H2,1H3. The molecule has 2 amide bonds. The first kappa shape index (κ1) is 29.4. The summed E-state index contributed by atoms with van der Waals surface area (Å²) in [5, 5.41) is 0. The van der Waals surface area contributed by atoms with Crippen LogP contribution in [-0.4, -0.2) is 106 Å². The zero-order valence-corrected chi connectivity index (χ0v) is 25.9. The molecule has 0 unspecified atom stereocenters. The molecule has 0 N–H and O–H groups in total. The molecule has 2 aliphatic rings. The van der Waals surface area contributed by atoms with Gasteiger partial charge in [-0.15, -0.1) is 5.54 Å². The lowest BCUT2D eigenvalue weighted by molar-refractivity contribution is 0.0657. The maximum absolute atomic E-state index is 12.5. The molecule has 2 aromatic rings. The summed E-state index contributed by atoms with van der Waals surface area (Å²) in [5.74, 6) is 3.51. The van der Waals surface area contributed by atoms with Crippen molar-refractivity contribution in [1.82, 2.24) is 19.6 Å². The first-order valence-corrected chi connectivity index (χ1v) is 17.4. The molecule has 0 radical (unpaired) electrons. The van der Waals surface area contributed by atoms with Crippen molar-refractivity contribution in [3.8, 4) is 11.5 Å². The number of likely N-dealkylation sites (N-methyl/N-ethyl adjacent to an activating group) is 2. The summed E-state index contributed by atoms with van der Waals surface area (Å²) in [6.45, 7) is 13.8. The minimum Gasteiger partial charge on any atom is -0.336 e. The van der Waals surface area contributed by atoms with E-state index < -0.39 is 8.07 Å². The van der Waals surface area contributed by atoms with Gasteiger partial charge >= 0.3 is 0 Å². The summed E-state index contributed by atoms with van der Waals surface area (Å²) in [5.41, 5.74) is 5.84. The summed E-state index contributed by atoms with van der Waals surface area (Å²) in [4.78, 5) is 33.1. The van der Waals surface area contributed by atoms with Gasteiger partial charge < -0.3 is 19.6 Å². The third-order valence-electron chi connectivity index (χ3n) is 6.34. The molecule has 2 saturated heterocycles. The van der Waals surface area contributed by atoms with E-state index >= 15 is 0 Å². The molecule has 6 nitrogen and oxygen atoms in total. The van der Waals surface area contributed by atoms with E-state index in [0.717, 1.165) is 72.6 Å². The van der Waals surface area contributed by atoms with Gasteiger partial charge in [0.15, 0.2) is 0 Å². The molecular weight excluding hydrogens is 591 g/mol. The first-order valence-electron chi connectivity index (χ1n) is 12.9. The second-order valence-electron chi connectivity index (χ2n) is 10.8. The summed E-state index contributed by atoms with van der Waals surface area (Å²) in [7, 11) is 2.80. The number of carbonyl (C=O) groups is 2. The van der Waals surface area contributed by atoms with Gasteiger partial charge in [-0.25, -0.2) is 0 Å². The number of benzene rings is 2. The Bertz CT molecular complexity index is 1140. The summed E-state index contributed by atoms with van der Waals surface area (Å²) in [6.07, 6.45) is 0. The molecule has 8 heteroatoms. The lowest BCUT2D eigenvalue weighted by Crippen LogP contribution is -2.47. The predicted octanol–water partition coefficient (Wildman–Crippen LogP) is 3.98. The van der Waals surface area contributed by atoms with Gasteiger partial charge in [0.05, 0.1) is 0 Å². The van der Waals surface area contributed by atoms with Gasteiger partial charge in [0, 0.05) is 72.6 Å². The highest BCUT2D eigenvalue weighted by molar-refractivity contribution is 14.1. The van der Waals surface area contributed by atoms with Crippen LogP contribution in [0.3, 0.4) is 0 Å². The van der Waals surface area contributed by atoms with Crippen LogP contribution in [0.15, 0.2) is 48.5 Å². The van der Waals surface area contributed by atoms with Crippen molar-refractivity contribution >= 4 is 42.5 Å². The number of halogens is 1. The Morgan fingerprint density at radius 1 is 0.730 bits per heavy atom. The average molecular weight is 631 g/mol. The Kier molecular flexibility index (Phi) is 10.8. The van der Waals surface area contributed by atoms with Gasteiger partial charge in [0.1, 0.15) is 8.07 Å². The van der Waals surface area contributed by atoms with Gasteiger partial charge in [0.2, 0.25) is 0 Å². The van der Waals surface area contributed by atoms with Crippen LogP contribution >= 0.6 is 22.6 Å². The lowest BCUT2D eigenvalue weighted by Gasteiger charge is -2.32. The second kappa shape index (κ2) is 13.6. The molecule has 2 heterocycles. The normalized spacial score (nSPS) is 16.8. The molecule has 2 fully saturated rings. The Hall–Kier alpha value is -2.19. The maximum atomic E-state index is 12.5. The third kappa shape index (κ3) is 9.56. The van der Waals surface area contributed by atoms with E-state index in [1.807, 2.05) is 58.3 Å². The molecule has 2 aromatic carbocycles. The number of nitrogens with zero attached hydrogens (tertiary/aromatic N) is 4. The summed E-state index contributed by atoms with van der Waals surface area (Å²) in [6, 6.07) is 15.5. The van der Waals surface area contributed by atoms with Crippen molar-refractivity contribution in [1.29, 1.82) is 0 Å². The monoisotopic (exact) mass is 630 g/mol. The van der Waals surface area contributed by atoms with E-state index in [1.165, 1.54) is 0 Å². The Morgan fingerprint density at radius 3 is 1.65 bits per heavy atom. The summed E-state index contributed by atoms with van der Waals surface area (Å²) < 4.78 is 1.11. The molecule has 0 saturated carbocycles. The van der Waals surface area contributed by atoms with E-state index in [-0.39, 0.29) is 11.8 Å². The van der Waals surface area contributed by atoms with Gasteiger partial charge in [-0.2, -0.15) is 0 Å². The van der Waals surface area contributed by atoms with Crippen LogP contribution in [-0.2, 0) is 0 Å². The van der Waals surface area contributed by atoms with Crippen molar-refractivity contribution in [2.24, 2.45) is 0 Å². The summed E-state index contributed by atoms with van der Waals surface area (Å²) >= 11 is 2.23. The fourth-order valence-electron chi connectivity index (χ4n) is 4.00. The number of piperazine rings is 2. The minimum atomic E-state index is -1.39. The maximum Gasteiger partial charge on any atom is 0.253 e. The Morgan fingerprint density at radius 2 is 1.19 bits per heavy atom. The average Bonchev–Trinajstić information content (AvgIpc) is 2.88. The van der Waals surface area contributed by atoms with Crippen molar-refractivity contribution < 1.29 is 9.59 Å². The molecule has 4 rings (SSSR count). The largest absolute Gasteiger partial charge is 0.336 e. The topological polar surface area (TPSA) is 47.1 Å². The van der Waals surface area contributed by atoms with Crippen molar-refractivity contribution in [3.05, 3.63) is 68.8 Å². The molecule has 0 aliphatic carbocycles. The van der Waals surface area contributed by atoms with Gasteiger partial charge in [-0.1, -0.05) is 37.7 Å². The van der Waals surface area contributed by atoms with Crippen LogP contribution in [0.25, 0.3) is 0 Å². The molecule has 198 valence electrons. The molecule has 0 spiro atoms. The number of carbonyl (C=O) groups excluding carboxylic acids is 2.